The minimum absolute atomic E-state index is 0.554. The van der Waals surface area contributed by atoms with Crippen LogP contribution >= 0.6 is 11.3 Å². The molecule has 76 valence electrons. The molecular weight excluding hydrogens is 204 g/mol. The lowest BCUT2D eigenvalue weighted by Crippen LogP contribution is -1.95. The largest absolute Gasteiger partial charge is 0.325 e. The zero-order valence-electron chi connectivity index (χ0n) is 8.58. The van der Waals surface area contributed by atoms with E-state index in [9.17, 15) is 0 Å². The van der Waals surface area contributed by atoms with Crippen molar-refractivity contribution in [3.8, 4) is 11.3 Å². The molecule has 1 aromatic heterocycles. The van der Waals surface area contributed by atoms with Gasteiger partial charge < -0.3 is 5.73 Å². The molecule has 0 spiro atoms. The molecule has 1 aliphatic carbocycles. The van der Waals surface area contributed by atoms with E-state index in [1.54, 1.807) is 11.3 Å². The third-order valence-corrected chi connectivity index (χ3v) is 3.87. The summed E-state index contributed by atoms with van der Waals surface area (Å²) in [4.78, 5) is 5.96. The number of aryl methyl sites for hydroxylation is 1. The van der Waals surface area contributed by atoms with Crippen molar-refractivity contribution in [2.75, 3.05) is 0 Å². The van der Waals surface area contributed by atoms with Crippen molar-refractivity contribution in [1.82, 2.24) is 4.98 Å². The van der Waals surface area contributed by atoms with Gasteiger partial charge in [0.05, 0.1) is 5.69 Å². The number of hydrogen-bond donors (Lipinski definition) is 1. The van der Waals surface area contributed by atoms with Crippen molar-refractivity contribution in [3.63, 3.8) is 0 Å². The monoisotopic (exact) mass is 216 g/mol. The van der Waals surface area contributed by atoms with Crippen molar-refractivity contribution < 1.29 is 0 Å². The molecule has 0 fully saturated rings. The van der Waals surface area contributed by atoms with Crippen molar-refractivity contribution in [1.29, 1.82) is 0 Å². The molecule has 0 aliphatic heterocycles. The quantitative estimate of drug-likeness (QED) is 0.678. The van der Waals surface area contributed by atoms with Gasteiger partial charge in [-0.25, -0.2) is 4.98 Å². The normalized spacial score (nSPS) is 12.7. The minimum atomic E-state index is 0.554. The first-order valence-corrected chi connectivity index (χ1v) is 5.88. The second kappa shape index (κ2) is 3.15. The number of nitrogens with zero attached hydrogens (tertiary/aromatic N) is 1. The van der Waals surface area contributed by atoms with Crippen LogP contribution in [0.3, 0.4) is 0 Å². The highest BCUT2D eigenvalue weighted by atomic mass is 32.1. The van der Waals surface area contributed by atoms with Gasteiger partial charge in [-0.15, -0.1) is 11.3 Å². The Morgan fingerprint density at radius 2 is 2.33 bits per heavy atom. The first-order chi connectivity index (χ1) is 7.28. The van der Waals surface area contributed by atoms with Crippen molar-refractivity contribution in [2.24, 2.45) is 5.73 Å². The van der Waals surface area contributed by atoms with E-state index >= 15 is 0 Å². The van der Waals surface area contributed by atoms with Crippen LogP contribution in [-0.4, -0.2) is 4.98 Å². The number of rotatable bonds is 1. The van der Waals surface area contributed by atoms with Gasteiger partial charge in [-0.1, -0.05) is 17.7 Å². The molecule has 1 heterocycles. The van der Waals surface area contributed by atoms with Gasteiger partial charge in [0.1, 0.15) is 5.01 Å². The van der Waals surface area contributed by atoms with Gasteiger partial charge in [0.15, 0.2) is 0 Å². The smallest absolute Gasteiger partial charge is 0.107 e. The van der Waals surface area contributed by atoms with E-state index in [0.717, 1.165) is 11.4 Å². The van der Waals surface area contributed by atoms with Crippen LogP contribution in [0, 0.1) is 6.92 Å². The third kappa shape index (κ3) is 1.31. The maximum absolute atomic E-state index is 5.61. The maximum Gasteiger partial charge on any atom is 0.107 e. The van der Waals surface area contributed by atoms with Gasteiger partial charge in [0.2, 0.25) is 0 Å². The van der Waals surface area contributed by atoms with Crippen LogP contribution in [-0.2, 0) is 13.0 Å². The number of benzene rings is 1. The number of nitrogens with two attached hydrogens (primary N) is 1. The van der Waals surface area contributed by atoms with Gasteiger partial charge >= 0.3 is 0 Å². The van der Waals surface area contributed by atoms with E-state index in [1.165, 1.54) is 27.3 Å². The molecule has 0 saturated heterocycles. The van der Waals surface area contributed by atoms with Gasteiger partial charge in [-0.3, -0.25) is 0 Å². The van der Waals surface area contributed by atoms with Crippen LogP contribution in [0.25, 0.3) is 11.3 Å². The number of fused-ring (bicyclic) bond motifs is 3. The Bertz CT molecular complexity index is 528. The summed E-state index contributed by atoms with van der Waals surface area (Å²) in [5.41, 5.74) is 10.8. The molecule has 0 radical (unpaired) electrons. The summed E-state index contributed by atoms with van der Waals surface area (Å²) in [7, 11) is 0. The molecular formula is C12H12N2S. The summed E-state index contributed by atoms with van der Waals surface area (Å²) in [6.45, 7) is 2.67. The molecule has 1 aromatic carbocycles. The summed E-state index contributed by atoms with van der Waals surface area (Å²) in [6, 6.07) is 6.60. The van der Waals surface area contributed by atoms with E-state index in [1.807, 2.05) is 0 Å². The standard InChI is InChI=1S/C12H12N2S/c1-7-2-3-8-5-10-12(9(8)4-7)14-11(6-13)15-10/h2-4H,5-6,13H2,1H3. The highest BCUT2D eigenvalue weighted by Crippen LogP contribution is 2.39. The predicted molar refractivity (Wildman–Crippen MR) is 63.0 cm³/mol. The Kier molecular flexibility index (Phi) is 1.90. The van der Waals surface area contributed by atoms with Gasteiger partial charge in [0, 0.05) is 23.4 Å². The Labute approximate surface area is 92.8 Å². The molecule has 2 aromatic rings. The topological polar surface area (TPSA) is 38.9 Å². The number of aromatic nitrogens is 1. The second-order valence-corrected chi connectivity index (χ2v) is 5.09. The van der Waals surface area contributed by atoms with Gasteiger partial charge in [-0.2, -0.15) is 0 Å². The van der Waals surface area contributed by atoms with Crippen molar-refractivity contribution >= 4 is 11.3 Å². The lowest BCUT2D eigenvalue weighted by Gasteiger charge is -2.00. The van der Waals surface area contributed by atoms with E-state index in [2.05, 4.69) is 30.1 Å². The fourth-order valence-electron chi connectivity index (χ4n) is 2.06. The number of thiazole rings is 1. The van der Waals surface area contributed by atoms with Crippen molar-refractivity contribution in [3.05, 3.63) is 39.2 Å². The molecule has 1 aliphatic rings. The zero-order chi connectivity index (χ0) is 10.4. The Hall–Kier alpha value is -1.19. The van der Waals surface area contributed by atoms with E-state index in [4.69, 9.17) is 5.73 Å². The predicted octanol–water partition coefficient (Wildman–Crippen LogP) is 2.48. The first-order valence-electron chi connectivity index (χ1n) is 5.06. The maximum atomic E-state index is 5.61. The second-order valence-electron chi connectivity index (χ2n) is 3.92. The molecule has 0 unspecified atom stereocenters. The van der Waals surface area contributed by atoms with Crippen molar-refractivity contribution in [2.45, 2.75) is 19.9 Å². The first kappa shape index (κ1) is 9.07. The molecule has 2 nitrogen and oxygen atoms in total. The molecule has 2 N–H and O–H groups in total. The van der Waals surface area contributed by atoms with E-state index in [0.29, 0.717) is 6.54 Å². The zero-order valence-corrected chi connectivity index (χ0v) is 9.40. The van der Waals surface area contributed by atoms with E-state index in [-0.39, 0.29) is 0 Å². The molecule has 15 heavy (non-hydrogen) atoms. The van der Waals surface area contributed by atoms with E-state index < -0.39 is 0 Å². The Balaban J connectivity index is 2.19. The molecule has 3 heteroatoms. The molecule has 0 amide bonds. The third-order valence-electron chi connectivity index (χ3n) is 2.79. The number of hydrogen-bond acceptors (Lipinski definition) is 3. The van der Waals surface area contributed by atoms with Crippen LogP contribution in [0.15, 0.2) is 18.2 Å². The summed E-state index contributed by atoms with van der Waals surface area (Å²) in [6.07, 6.45) is 1.03. The average molecular weight is 216 g/mol. The molecule has 0 saturated carbocycles. The summed E-state index contributed by atoms with van der Waals surface area (Å²) < 4.78 is 0. The Morgan fingerprint density at radius 1 is 1.47 bits per heavy atom. The highest BCUT2D eigenvalue weighted by Gasteiger charge is 2.22. The fourth-order valence-corrected chi connectivity index (χ4v) is 3.04. The van der Waals surface area contributed by atoms with Gasteiger partial charge in [-0.05, 0) is 18.6 Å². The lowest BCUT2D eigenvalue weighted by molar-refractivity contribution is 1.04. The van der Waals surface area contributed by atoms with Crippen LogP contribution in [0.4, 0.5) is 0 Å². The minimum Gasteiger partial charge on any atom is -0.325 e. The van der Waals surface area contributed by atoms with Crippen LogP contribution in [0.2, 0.25) is 0 Å². The average Bonchev–Trinajstić information content (AvgIpc) is 2.75. The summed E-state index contributed by atoms with van der Waals surface area (Å²) >= 11 is 1.75. The summed E-state index contributed by atoms with van der Waals surface area (Å²) in [5, 5.41) is 1.05. The van der Waals surface area contributed by atoms with Crippen LogP contribution < -0.4 is 5.73 Å². The summed E-state index contributed by atoms with van der Waals surface area (Å²) in [5.74, 6) is 0. The van der Waals surface area contributed by atoms with Gasteiger partial charge in [0.25, 0.3) is 0 Å². The lowest BCUT2D eigenvalue weighted by atomic mass is 10.1. The Morgan fingerprint density at radius 3 is 3.13 bits per heavy atom. The molecule has 3 rings (SSSR count). The highest BCUT2D eigenvalue weighted by molar-refractivity contribution is 7.12. The van der Waals surface area contributed by atoms with Crippen LogP contribution in [0.1, 0.15) is 21.0 Å². The molecule has 0 atom stereocenters. The van der Waals surface area contributed by atoms with Crippen LogP contribution in [0.5, 0.6) is 0 Å². The molecule has 0 bridgehead atoms. The SMILES string of the molecule is Cc1ccc2c(c1)-c1nc(CN)sc1C2. The fraction of sp³-hybridized carbons (Fsp3) is 0.250.